The van der Waals surface area contributed by atoms with Crippen LogP contribution in [0.3, 0.4) is 0 Å². The second kappa shape index (κ2) is 6.69. The number of aryl methyl sites for hydroxylation is 2. The molecule has 2 heterocycles. The van der Waals surface area contributed by atoms with Gasteiger partial charge in [0.15, 0.2) is 5.82 Å². The van der Waals surface area contributed by atoms with Gasteiger partial charge < -0.3 is 10.3 Å². The van der Waals surface area contributed by atoms with Crippen LogP contribution in [0.15, 0.2) is 30.5 Å². The van der Waals surface area contributed by atoms with Crippen LogP contribution in [0.1, 0.15) is 37.1 Å². The molecule has 120 valence electrons. The van der Waals surface area contributed by atoms with Crippen LogP contribution in [0, 0.1) is 0 Å². The predicted octanol–water partition coefficient (Wildman–Crippen LogP) is 3.59. The van der Waals surface area contributed by atoms with Crippen molar-refractivity contribution in [1.29, 1.82) is 0 Å². The highest BCUT2D eigenvalue weighted by Crippen LogP contribution is 2.20. The summed E-state index contributed by atoms with van der Waals surface area (Å²) >= 11 is 0. The smallest absolute Gasteiger partial charge is 0.225 e. The highest BCUT2D eigenvalue weighted by atomic mass is 16.1. The van der Waals surface area contributed by atoms with E-state index in [-0.39, 0.29) is 5.91 Å². The molecule has 0 unspecified atom stereocenters. The molecule has 0 aliphatic carbocycles. The lowest BCUT2D eigenvalue weighted by atomic mass is 10.1. The second-order valence-corrected chi connectivity index (χ2v) is 5.64. The van der Waals surface area contributed by atoms with E-state index in [0.717, 1.165) is 29.6 Å². The first kappa shape index (κ1) is 15.3. The molecule has 5 heteroatoms. The average Bonchev–Trinajstić information content (AvgIpc) is 3.16. The van der Waals surface area contributed by atoms with E-state index in [1.54, 1.807) is 0 Å². The zero-order valence-electron chi connectivity index (χ0n) is 13.6. The minimum atomic E-state index is -0.000802. The summed E-state index contributed by atoms with van der Waals surface area (Å²) in [6.07, 6.45) is 4.89. The maximum atomic E-state index is 12.2. The van der Waals surface area contributed by atoms with E-state index in [0.29, 0.717) is 18.7 Å². The molecule has 0 saturated heterocycles. The number of nitrogens with one attached hydrogen (secondary N) is 3. The van der Waals surface area contributed by atoms with Gasteiger partial charge in [-0.25, -0.2) is 0 Å². The van der Waals surface area contributed by atoms with Crippen LogP contribution in [0.2, 0.25) is 0 Å². The summed E-state index contributed by atoms with van der Waals surface area (Å²) in [4.78, 5) is 15.5. The number of anilines is 1. The number of hydrogen-bond acceptors (Lipinski definition) is 2. The Hall–Kier alpha value is -2.56. The van der Waals surface area contributed by atoms with E-state index in [2.05, 4.69) is 40.4 Å². The normalized spacial score (nSPS) is 11.0. The van der Waals surface area contributed by atoms with Crippen molar-refractivity contribution in [2.45, 2.75) is 39.5 Å². The van der Waals surface area contributed by atoms with Gasteiger partial charge in [-0.05, 0) is 30.9 Å². The quantitative estimate of drug-likeness (QED) is 0.651. The Morgan fingerprint density at radius 2 is 2.04 bits per heavy atom. The monoisotopic (exact) mass is 310 g/mol. The Labute approximate surface area is 135 Å². The lowest BCUT2D eigenvalue weighted by Gasteiger charge is -2.05. The zero-order valence-corrected chi connectivity index (χ0v) is 13.6. The molecule has 1 amide bonds. The SMILES string of the molecule is CCc1[nH]nc(NC(=O)CCc2c[nH]c3ccccc23)c1CC. The number of aromatic nitrogens is 3. The molecule has 2 aromatic heterocycles. The third-order valence-electron chi connectivity index (χ3n) is 4.21. The van der Waals surface area contributed by atoms with E-state index < -0.39 is 0 Å². The van der Waals surface area contributed by atoms with Crippen LogP contribution in [0.4, 0.5) is 5.82 Å². The van der Waals surface area contributed by atoms with Crippen molar-refractivity contribution >= 4 is 22.6 Å². The van der Waals surface area contributed by atoms with Gasteiger partial charge in [0.1, 0.15) is 0 Å². The number of hydrogen-bond donors (Lipinski definition) is 3. The van der Waals surface area contributed by atoms with Gasteiger partial charge in [0.2, 0.25) is 5.91 Å². The summed E-state index contributed by atoms with van der Waals surface area (Å²) in [6.45, 7) is 4.15. The predicted molar refractivity (Wildman–Crippen MR) is 92.6 cm³/mol. The van der Waals surface area contributed by atoms with Gasteiger partial charge in [0, 0.05) is 34.8 Å². The Morgan fingerprint density at radius 1 is 1.22 bits per heavy atom. The van der Waals surface area contributed by atoms with Gasteiger partial charge in [0.25, 0.3) is 0 Å². The first-order valence-electron chi connectivity index (χ1n) is 8.13. The Morgan fingerprint density at radius 3 is 2.83 bits per heavy atom. The van der Waals surface area contributed by atoms with Crippen LogP contribution < -0.4 is 5.32 Å². The lowest BCUT2D eigenvalue weighted by molar-refractivity contribution is -0.116. The number of rotatable bonds is 6. The molecule has 0 saturated carbocycles. The Bertz CT molecular complexity index is 815. The van der Waals surface area contributed by atoms with Crippen LogP contribution >= 0.6 is 0 Å². The number of nitrogens with zero attached hydrogens (tertiary/aromatic N) is 1. The molecule has 3 rings (SSSR count). The topological polar surface area (TPSA) is 73.6 Å². The lowest BCUT2D eigenvalue weighted by Crippen LogP contribution is -2.13. The van der Waals surface area contributed by atoms with E-state index in [4.69, 9.17) is 0 Å². The van der Waals surface area contributed by atoms with Gasteiger partial charge in [-0.2, -0.15) is 5.10 Å². The fraction of sp³-hybridized carbons (Fsp3) is 0.333. The van der Waals surface area contributed by atoms with Crippen molar-refractivity contribution in [3.63, 3.8) is 0 Å². The molecule has 0 atom stereocenters. The molecule has 0 bridgehead atoms. The Balaban J connectivity index is 1.65. The van der Waals surface area contributed by atoms with Crippen molar-refractivity contribution < 1.29 is 4.79 Å². The van der Waals surface area contributed by atoms with Crippen molar-refractivity contribution in [2.75, 3.05) is 5.32 Å². The molecular formula is C18H22N4O. The van der Waals surface area contributed by atoms with Crippen LogP contribution in [-0.4, -0.2) is 21.1 Å². The molecule has 1 aromatic carbocycles. The number of benzene rings is 1. The molecule has 0 spiro atoms. The minimum absolute atomic E-state index is 0.000802. The highest BCUT2D eigenvalue weighted by molar-refractivity contribution is 5.91. The number of amides is 1. The average molecular weight is 310 g/mol. The molecule has 3 N–H and O–H groups in total. The number of aromatic amines is 2. The number of H-pyrrole nitrogens is 2. The standard InChI is InChI=1S/C18H22N4O/c1-3-13-15(4-2)21-22-18(13)20-17(23)10-9-12-11-19-16-8-6-5-7-14(12)16/h5-8,11,19H,3-4,9-10H2,1-2H3,(H2,20,21,22,23). The molecule has 0 fully saturated rings. The first-order chi connectivity index (χ1) is 11.2. The van der Waals surface area contributed by atoms with Crippen LogP contribution in [0.5, 0.6) is 0 Å². The van der Waals surface area contributed by atoms with Gasteiger partial charge in [0.05, 0.1) is 0 Å². The van der Waals surface area contributed by atoms with E-state index in [1.165, 1.54) is 10.9 Å². The summed E-state index contributed by atoms with van der Waals surface area (Å²) in [6, 6.07) is 8.14. The third-order valence-corrected chi connectivity index (χ3v) is 4.21. The molecule has 0 radical (unpaired) electrons. The summed E-state index contributed by atoms with van der Waals surface area (Å²) < 4.78 is 0. The fourth-order valence-electron chi connectivity index (χ4n) is 2.96. The van der Waals surface area contributed by atoms with Gasteiger partial charge in [-0.15, -0.1) is 0 Å². The molecule has 23 heavy (non-hydrogen) atoms. The fourth-order valence-corrected chi connectivity index (χ4v) is 2.96. The number of carbonyl (C=O) groups is 1. The van der Waals surface area contributed by atoms with Crippen molar-refractivity contribution in [3.05, 3.63) is 47.3 Å². The van der Waals surface area contributed by atoms with Crippen LogP contribution in [-0.2, 0) is 24.1 Å². The molecule has 0 aliphatic rings. The molecule has 3 aromatic rings. The minimum Gasteiger partial charge on any atom is -0.361 e. The van der Waals surface area contributed by atoms with Gasteiger partial charge in [-0.1, -0.05) is 32.0 Å². The second-order valence-electron chi connectivity index (χ2n) is 5.64. The maximum Gasteiger partial charge on any atom is 0.225 e. The number of carbonyl (C=O) groups excluding carboxylic acids is 1. The molecule has 5 nitrogen and oxygen atoms in total. The van der Waals surface area contributed by atoms with E-state index >= 15 is 0 Å². The summed E-state index contributed by atoms with van der Waals surface area (Å²) in [5, 5.41) is 11.4. The largest absolute Gasteiger partial charge is 0.361 e. The van der Waals surface area contributed by atoms with Gasteiger partial charge in [-0.3, -0.25) is 9.89 Å². The molecular weight excluding hydrogens is 288 g/mol. The summed E-state index contributed by atoms with van der Waals surface area (Å²) in [7, 11) is 0. The van der Waals surface area contributed by atoms with Crippen LogP contribution in [0.25, 0.3) is 10.9 Å². The summed E-state index contributed by atoms with van der Waals surface area (Å²) in [5.41, 5.74) is 4.48. The number of fused-ring (bicyclic) bond motifs is 1. The first-order valence-corrected chi connectivity index (χ1v) is 8.13. The van der Waals surface area contributed by atoms with E-state index in [9.17, 15) is 4.79 Å². The van der Waals surface area contributed by atoms with Crippen molar-refractivity contribution in [1.82, 2.24) is 15.2 Å². The number of para-hydroxylation sites is 1. The maximum absolute atomic E-state index is 12.2. The van der Waals surface area contributed by atoms with Crippen molar-refractivity contribution in [2.24, 2.45) is 0 Å². The van der Waals surface area contributed by atoms with Crippen molar-refractivity contribution in [3.8, 4) is 0 Å². The molecule has 0 aliphatic heterocycles. The zero-order chi connectivity index (χ0) is 16.2. The van der Waals surface area contributed by atoms with E-state index in [1.807, 2.05) is 24.4 Å². The third kappa shape index (κ3) is 3.13. The highest BCUT2D eigenvalue weighted by Gasteiger charge is 2.13. The van der Waals surface area contributed by atoms with Gasteiger partial charge >= 0.3 is 0 Å². The summed E-state index contributed by atoms with van der Waals surface area (Å²) in [5.74, 6) is 0.674. The Kier molecular flexibility index (Phi) is 4.46.